The fourth-order valence-electron chi connectivity index (χ4n) is 10.3. The summed E-state index contributed by atoms with van der Waals surface area (Å²) in [5.74, 6) is 13.1. The highest BCUT2D eigenvalue weighted by atomic mass is 16.6. The van der Waals surface area contributed by atoms with Gasteiger partial charge >= 0.3 is 0 Å². The van der Waals surface area contributed by atoms with Crippen LogP contribution in [0.4, 0.5) is 11.8 Å². The first-order chi connectivity index (χ1) is 43.2. The van der Waals surface area contributed by atoms with Crippen LogP contribution in [0.25, 0.3) is 44.7 Å². The first-order valence-corrected chi connectivity index (χ1v) is 25.9. The third kappa shape index (κ3) is 10.3. The number of nitrogens with zero attached hydrogens (tertiary/aromatic N) is 15. The molecule has 0 unspecified atom stereocenters. The number of hydrogen-bond acceptors (Lipinski definition) is 28. The molecule has 4 aliphatic heterocycles. The Balaban J connectivity index is 0.000000142. The predicted molar refractivity (Wildman–Crippen MR) is 305 cm³/mol. The maximum Gasteiger partial charge on any atom is 0.294 e. The van der Waals surface area contributed by atoms with Crippen molar-refractivity contribution in [2.45, 2.75) is 71.9 Å². The summed E-state index contributed by atoms with van der Waals surface area (Å²) in [6.45, 7) is -2.52. The standard InChI is InChI=1S/C14H13N5O4.C14H13N5O3.C14H12N4O4.C12H11N7O4/c1-3-7-9(21)14(4-2,5-20)23-12(7)19-6-16-8-10(19)17-13(15)18-11(8)22;1-3-8-10(21)14(4-2,5-20)22-13(8)19-7-18-9-11(15)16-6-17-12(9)19;1-3-8-10(20)14(4-2,5-19)22-13(8)18-7-17-9-11(18)15-6-16-12(9)21;1-2-6-8(21)12(3-20,17-18-13)23-11(6)19-5-16-7-9(19)14-4-15-10(7)22/h1-2,6-7,9,12,20-21H,5H2,(H3,15,17,18,22);1-2,6-8,10,13,20-21H,5H2,(H2,15,16,17);1-2,6-8,10,13,19-20H,5H2,(H,15,16,21);1,4-6,8,11,13,20-21H,3H2/p+1/t7-,9-,12+,14+;2*8-,10-,13+,14+;6-,8-,11+,12+/m0000/s1. The van der Waals surface area contributed by atoms with Crippen molar-refractivity contribution < 1.29 is 59.8 Å². The first-order valence-electron chi connectivity index (χ1n) is 25.9. The van der Waals surface area contributed by atoms with Crippen molar-refractivity contribution >= 4 is 56.4 Å². The van der Waals surface area contributed by atoms with Crippen LogP contribution in [0.2, 0.25) is 0 Å². The molecule has 36 nitrogen and oxygen atoms in total. The van der Waals surface area contributed by atoms with E-state index in [0.29, 0.717) is 11.2 Å². The molecule has 36 heteroatoms. The third-order valence-corrected chi connectivity index (χ3v) is 15.1. The number of aromatic nitrogens is 16. The van der Waals surface area contributed by atoms with Gasteiger partial charge in [0.25, 0.3) is 22.4 Å². The van der Waals surface area contributed by atoms with Gasteiger partial charge < -0.3 is 81.2 Å². The summed E-state index contributed by atoms with van der Waals surface area (Å²) in [5.41, 5.74) is 11.6. The summed E-state index contributed by atoms with van der Waals surface area (Å²) in [4.78, 5) is 81.2. The smallest absolute Gasteiger partial charge is 0.294 e. The number of anilines is 2. The van der Waals surface area contributed by atoms with Gasteiger partial charge in [-0.2, -0.15) is 4.98 Å². The molecular formula is C54H50N21O15+. The van der Waals surface area contributed by atoms with E-state index in [1.54, 1.807) is 0 Å². The highest BCUT2D eigenvalue weighted by Crippen LogP contribution is 2.45. The summed E-state index contributed by atoms with van der Waals surface area (Å²) >= 11 is 0. The number of aliphatic hydroxyl groups is 8. The van der Waals surface area contributed by atoms with Crippen molar-refractivity contribution in [3.63, 3.8) is 0 Å². The van der Waals surface area contributed by atoms with E-state index in [9.17, 15) is 55.2 Å². The van der Waals surface area contributed by atoms with Crippen molar-refractivity contribution in [2.75, 3.05) is 37.9 Å². The predicted octanol–water partition coefficient (Wildman–Crippen LogP) is -5.76. The summed E-state index contributed by atoms with van der Waals surface area (Å²) in [6.07, 6.45) is 38.2. The second kappa shape index (κ2) is 25.0. The lowest BCUT2D eigenvalue weighted by Gasteiger charge is -2.23. The van der Waals surface area contributed by atoms with E-state index in [2.05, 4.69) is 111 Å². The molecule has 8 aromatic heterocycles. The minimum absolute atomic E-state index is 0.0373. The maximum atomic E-state index is 11.8. The molecular weight excluding hydrogens is 1180 g/mol. The zero-order valence-electron chi connectivity index (χ0n) is 46.1. The van der Waals surface area contributed by atoms with Gasteiger partial charge in [0.05, 0.1) is 81.5 Å². The number of fused-ring (bicyclic) bond motifs is 4. The van der Waals surface area contributed by atoms with Gasteiger partial charge in [-0.05, 0) is 0 Å². The summed E-state index contributed by atoms with van der Waals surface area (Å²) in [7, 11) is 0. The van der Waals surface area contributed by atoms with Crippen LogP contribution in [-0.4, -0.2) is 192 Å². The Kier molecular flexibility index (Phi) is 17.6. The number of aromatic amines is 3. The molecule has 12 rings (SSSR count). The SMILES string of the molecule is C#C[C@@H]1[C@H](n2cnc3c(=O)[nH]c(N)nc32)O[C@](C#C)(CO)[C@H]1O.C#C[C@@H]1[C@H](n2cnc3c(=O)[nH]cnc32)O[C@@](CO)(N=[N+]=N)[C@H]1O.C#C[C@@H]1[C@H](n2cnc3c(=O)[nH]cnc32)O[C@](C#C)(CO)[C@H]1O.C#C[C@@H]1[C@H](n2cnc3c(N)ncnc32)O[C@](C#C)(CO)[C@H]1O. The molecule has 0 spiro atoms. The zero-order valence-corrected chi connectivity index (χ0v) is 46.1. The van der Waals surface area contributed by atoms with Crippen LogP contribution in [-0.2, 0) is 18.9 Å². The minimum Gasteiger partial charge on any atom is -0.392 e. The molecule has 12 heterocycles. The van der Waals surface area contributed by atoms with Gasteiger partial charge in [0, 0.05) is 0 Å². The lowest BCUT2D eigenvalue weighted by molar-refractivity contribution is -0.126. The van der Waals surface area contributed by atoms with Gasteiger partial charge in [-0.15, -0.1) is 45.0 Å². The Bertz CT molecular complexity index is 4620. The number of H-pyrrole nitrogens is 3. The number of hydrogen-bond donors (Lipinski definition) is 14. The molecule has 4 saturated heterocycles. The zero-order chi connectivity index (χ0) is 65.2. The Morgan fingerprint density at radius 2 is 0.889 bits per heavy atom. The minimum atomic E-state index is -1.86. The molecule has 0 aliphatic carbocycles. The van der Waals surface area contributed by atoms with Crippen LogP contribution in [0.1, 0.15) is 24.9 Å². The molecule has 16 N–H and O–H groups in total. The van der Waals surface area contributed by atoms with Crippen LogP contribution in [0.3, 0.4) is 0 Å². The Morgan fingerprint density at radius 3 is 1.27 bits per heavy atom. The number of imidazole rings is 4. The number of nitrogens with one attached hydrogen (secondary N) is 4. The summed E-state index contributed by atoms with van der Waals surface area (Å²) < 4.78 is 28.3. The molecule has 8 aromatic rings. The van der Waals surface area contributed by atoms with Gasteiger partial charge in [0.1, 0.15) is 48.4 Å². The van der Waals surface area contributed by atoms with Gasteiger partial charge in [0.15, 0.2) is 91.8 Å². The molecule has 0 bridgehead atoms. The topological polar surface area (TPSA) is 535 Å². The Hall–Kier alpha value is -11.1. The van der Waals surface area contributed by atoms with Crippen molar-refractivity contribution in [3.05, 3.63) is 75.4 Å². The monoisotopic (exact) mass is 1230 g/mol. The Labute approximate surface area is 503 Å². The van der Waals surface area contributed by atoms with E-state index in [0.717, 1.165) is 0 Å². The quantitative estimate of drug-likeness (QED) is 0.0364. The lowest BCUT2D eigenvalue weighted by Crippen LogP contribution is -2.43. The number of rotatable bonds is 9. The molecule has 0 amide bonds. The van der Waals surface area contributed by atoms with Crippen molar-refractivity contribution in [3.8, 4) is 86.4 Å². The number of aliphatic hydroxyl groups excluding tert-OH is 8. The maximum absolute atomic E-state index is 11.8. The molecule has 0 aromatic carbocycles. The van der Waals surface area contributed by atoms with Crippen molar-refractivity contribution in [1.29, 1.82) is 5.53 Å². The highest BCUT2D eigenvalue weighted by molar-refractivity contribution is 5.81. The van der Waals surface area contributed by atoms with E-state index in [-0.39, 0.29) is 45.3 Å². The molecule has 90 heavy (non-hydrogen) atoms. The molecule has 4 fully saturated rings. The summed E-state index contributed by atoms with van der Waals surface area (Å²) in [6, 6.07) is 0. The van der Waals surface area contributed by atoms with Gasteiger partial charge in [-0.3, -0.25) is 37.6 Å². The second-order valence-corrected chi connectivity index (χ2v) is 19.8. The van der Waals surface area contributed by atoms with E-state index >= 15 is 0 Å². The third-order valence-electron chi connectivity index (χ3n) is 15.1. The van der Waals surface area contributed by atoms with E-state index in [1.165, 1.54) is 62.6 Å². The fraction of sp³-hybridized carbons (Fsp3) is 0.370. The normalized spacial score (nSPS) is 30.5. The molecule has 0 radical (unpaired) electrons. The van der Waals surface area contributed by atoms with Crippen LogP contribution >= 0.6 is 0 Å². The van der Waals surface area contributed by atoms with Crippen LogP contribution in [0.5, 0.6) is 0 Å². The average molecular weight is 1230 g/mol. The molecule has 16 atom stereocenters. The number of terminal acetylenes is 7. The van der Waals surface area contributed by atoms with Crippen LogP contribution < -0.4 is 33.1 Å². The average Bonchev–Trinajstić information content (AvgIpc) is 1.64. The summed E-state index contributed by atoms with van der Waals surface area (Å²) in [5, 5.41) is 82.8. The van der Waals surface area contributed by atoms with Crippen LogP contribution in [0.15, 0.2) is 63.8 Å². The van der Waals surface area contributed by atoms with Gasteiger partial charge in [-0.1, -0.05) is 41.4 Å². The molecule has 460 valence electrons. The lowest BCUT2D eigenvalue weighted by atomic mass is 9.91. The first kappa shape index (κ1) is 63.5. The number of nitrogen functional groups attached to an aromatic ring is 2. The Morgan fingerprint density at radius 1 is 0.522 bits per heavy atom. The van der Waals surface area contributed by atoms with Gasteiger partial charge in [-0.25, -0.2) is 39.9 Å². The fourth-order valence-corrected chi connectivity index (χ4v) is 10.3. The largest absolute Gasteiger partial charge is 0.392 e. The second-order valence-electron chi connectivity index (χ2n) is 19.8. The molecule has 0 saturated carbocycles. The molecule has 4 aliphatic rings. The van der Waals surface area contributed by atoms with Gasteiger partial charge in [0.2, 0.25) is 10.9 Å². The van der Waals surface area contributed by atoms with E-state index < -0.39 is 139 Å². The van der Waals surface area contributed by atoms with E-state index in [1.807, 2.05) is 0 Å². The van der Waals surface area contributed by atoms with Crippen molar-refractivity contribution in [1.82, 2.24) is 83.0 Å². The number of nitrogens with two attached hydrogens (primary N) is 2. The van der Waals surface area contributed by atoms with E-state index in [4.69, 9.17) is 80.9 Å². The highest BCUT2D eigenvalue weighted by Gasteiger charge is 2.60. The van der Waals surface area contributed by atoms with Crippen molar-refractivity contribution in [2.24, 2.45) is 28.8 Å². The number of ether oxygens (including phenoxy) is 4. The van der Waals surface area contributed by atoms with Crippen LogP contribution in [0, 0.1) is 116 Å².